The van der Waals surface area contributed by atoms with Gasteiger partial charge in [-0.2, -0.15) is 17.5 Å². The molecule has 28 heavy (non-hydrogen) atoms. The number of benzene rings is 1. The summed E-state index contributed by atoms with van der Waals surface area (Å²) in [7, 11) is -3.64. The number of guanidine groups is 1. The third-order valence-corrected chi connectivity index (χ3v) is 6.24. The van der Waals surface area contributed by atoms with Crippen molar-refractivity contribution in [3.05, 3.63) is 35.6 Å². The number of rotatable bonds is 6. The van der Waals surface area contributed by atoms with Gasteiger partial charge in [0.15, 0.2) is 5.96 Å². The Kier molecular flexibility index (Phi) is 7.64. The molecule has 0 spiro atoms. The average molecular weight is 424 g/mol. The van der Waals surface area contributed by atoms with Crippen LogP contribution >= 0.6 is 0 Å². The maximum absolute atomic E-state index is 12.9. The van der Waals surface area contributed by atoms with E-state index in [2.05, 4.69) is 15.6 Å². The fraction of sp³-hybridized carbons (Fsp3) is 0.588. The number of hydrogen-bond donors (Lipinski definition) is 2. The molecule has 0 radical (unpaired) electrons. The van der Waals surface area contributed by atoms with Crippen molar-refractivity contribution in [3.63, 3.8) is 0 Å². The zero-order valence-electron chi connectivity index (χ0n) is 15.5. The summed E-state index contributed by atoms with van der Waals surface area (Å²) < 4.78 is 74.0. The summed E-state index contributed by atoms with van der Waals surface area (Å²) in [6, 6.07) is 6.20. The minimum Gasteiger partial charge on any atom is -0.356 e. The van der Waals surface area contributed by atoms with E-state index in [1.165, 1.54) is 12.1 Å². The summed E-state index contributed by atoms with van der Waals surface area (Å²) in [4.78, 5) is 4.08. The summed E-state index contributed by atoms with van der Waals surface area (Å²) in [6.45, 7) is 0.763. The van der Waals surface area contributed by atoms with Gasteiger partial charge >= 0.3 is 15.5 Å². The molecule has 1 heterocycles. The van der Waals surface area contributed by atoms with E-state index in [0.717, 1.165) is 5.56 Å². The van der Waals surface area contributed by atoms with Gasteiger partial charge in [-0.05, 0) is 42.9 Å². The van der Waals surface area contributed by atoms with E-state index >= 15 is 0 Å². The number of hydrogen-bond acceptors (Lipinski definition) is 3. The van der Waals surface area contributed by atoms with Gasteiger partial charge in [0, 0.05) is 33.2 Å². The van der Waals surface area contributed by atoms with Crippen LogP contribution in [0.4, 0.5) is 17.6 Å². The maximum Gasteiger partial charge on any atom is 0.511 e. The first kappa shape index (κ1) is 22.4. The van der Waals surface area contributed by atoms with Gasteiger partial charge in [-0.3, -0.25) is 4.99 Å². The van der Waals surface area contributed by atoms with Crippen LogP contribution in [0.5, 0.6) is 0 Å². The SMILES string of the molecule is CN=C(NCCc1ccc(F)cc1)NCC1CCN(S(=O)(=O)C(F)(F)F)CC1. The first-order valence-corrected chi connectivity index (χ1v) is 10.3. The molecule has 1 aromatic carbocycles. The molecule has 1 fully saturated rings. The van der Waals surface area contributed by atoms with Crippen LogP contribution < -0.4 is 10.6 Å². The number of alkyl halides is 3. The van der Waals surface area contributed by atoms with Gasteiger partial charge in [0.25, 0.3) is 0 Å². The minimum atomic E-state index is -5.26. The molecule has 0 unspecified atom stereocenters. The Morgan fingerprint density at radius 2 is 1.79 bits per heavy atom. The van der Waals surface area contributed by atoms with E-state index in [-0.39, 0.29) is 24.8 Å². The zero-order valence-corrected chi connectivity index (χ0v) is 16.3. The molecule has 0 amide bonds. The number of nitrogens with zero attached hydrogens (tertiary/aromatic N) is 2. The average Bonchev–Trinajstić information content (AvgIpc) is 2.65. The van der Waals surface area contributed by atoms with Gasteiger partial charge in [-0.15, -0.1) is 0 Å². The Balaban J connectivity index is 1.72. The molecule has 0 saturated carbocycles. The molecule has 2 N–H and O–H groups in total. The van der Waals surface area contributed by atoms with Crippen molar-refractivity contribution in [1.82, 2.24) is 14.9 Å². The fourth-order valence-electron chi connectivity index (χ4n) is 2.94. The summed E-state index contributed by atoms with van der Waals surface area (Å²) in [5.41, 5.74) is -4.28. The predicted octanol–water partition coefficient (Wildman–Crippen LogP) is 2.09. The molecule has 2 rings (SSSR count). The highest BCUT2D eigenvalue weighted by Crippen LogP contribution is 2.30. The van der Waals surface area contributed by atoms with Gasteiger partial charge < -0.3 is 10.6 Å². The lowest BCUT2D eigenvalue weighted by Gasteiger charge is -2.31. The smallest absolute Gasteiger partial charge is 0.356 e. The molecular formula is C17H24F4N4O2S. The molecule has 0 bridgehead atoms. The van der Waals surface area contributed by atoms with E-state index in [9.17, 15) is 26.0 Å². The summed E-state index contributed by atoms with van der Waals surface area (Å²) >= 11 is 0. The highest BCUT2D eigenvalue weighted by molar-refractivity contribution is 7.90. The summed E-state index contributed by atoms with van der Waals surface area (Å²) in [5, 5.41) is 6.22. The number of sulfonamides is 1. The highest BCUT2D eigenvalue weighted by Gasteiger charge is 2.50. The molecule has 1 aliphatic heterocycles. The van der Waals surface area contributed by atoms with Gasteiger partial charge in [0.05, 0.1) is 0 Å². The van der Waals surface area contributed by atoms with Crippen LogP contribution in [0.15, 0.2) is 29.3 Å². The molecule has 158 valence electrons. The van der Waals surface area contributed by atoms with E-state index in [0.29, 0.717) is 42.6 Å². The van der Waals surface area contributed by atoms with Gasteiger partial charge in [-0.25, -0.2) is 12.8 Å². The second kappa shape index (κ2) is 9.55. The zero-order chi connectivity index (χ0) is 20.8. The van der Waals surface area contributed by atoms with Gasteiger partial charge in [0.2, 0.25) is 0 Å². The van der Waals surface area contributed by atoms with Crippen molar-refractivity contribution in [2.45, 2.75) is 24.8 Å². The molecule has 0 atom stereocenters. The third-order valence-electron chi connectivity index (χ3n) is 4.61. The van der Waals surface area contributed by atoms with E-state index in [1.54, 1.807) is 19.2 Å². The van der Waals surface area contributed by atoms with Crippen molar-refractivity contribution in [3.8, 4) is 0 Å². The third kappa shape index (κ3) is 6.06. The predicted molar refractivity (Wildman–Crippen MR) is 98.7 cm³/mol. The normalized spacial score (nSPS) is 17.5. The number of nitrogens with one attached hydrogen (secondary N) is 2. The Hall–Kier alpha value is -1.88. The highest BCUT2D eigenvalue weighted by atomic mass is 32.2. The quantitative estimate of drug-likeness (QED) is 0.417. The van der Waals surface area contributed by atoms with E-state index < -0.39 is 15.5 Å². The second-order valence-electron chi connectivity index (χ2n) is 6.55. The molecule has 6 nitrogen and oxygen atoms in total. The van der Waals surface area contributed by atoms with Crippen LogP contribution in [-0.4, -0.2) is 57.4 Å². The molecular weight excluding hydrogens is 400 g/mol. The Bertz CT molecular complexity index is 758. The van der Waals surface area contributed by atoms with Crippen LogP contribution in [0, 0.1) is 11.7 Å². The molecule has 1 aromatic rings. The van der Waals surface area contributed by atoms with Crippen LogP contribution in [-0.2, 0) is 16.4 Å². The molecule has 1 aliphatic rings. The minimum absolute atomic E-state index is 0.0512. The Labute approximate surface area is 162 Å². The first-order chi connectivity index (χ1) is 13.1. The standard InChI is InChI=1S/C17H24F4N4O2S/c1-22-16(23-9-6-13-2-4-15(18)5-3-13)24-12-14-7-10-25(11-8-14)28(26,27)17(19,20)21/h2-5,14H,6-12H2,1H3,(H2,22,23,24). The van der Waals surface area contributed by atoms with E-state index in [4.69, 9.17) is 0 Å². The van der Waals surface area contributed by atoms with Crippen molar-refractivity contribution >= 4 is 16.0 Å². The Morgan fingerprint density at radius 3 is 2.32 bits per heavy atom. The maximum atomic E-state index is 12.9. The largest absolute Gasteiger partial charge is 0.511 e. The topological polar surface area (TPSA) is 73.8 Å². The van der Waals surface area contributed by atoms with Crippen molar-refractivity contribution in [1.29, 1.82) is 0 Å². The molecule has 1 saturated heterocycles. The summed E-state index contributed by atoms with van der Waals surface area (Å²) in [5.74, 6) is 0.311. The lowest BCUT2D eigenvalue weighted by Crippen LogP contribution is -2.47. The second-order valence-corrected chi connectivity index (χ2v) is 8.48. The first-order valence-electron chi connectivity index (χ1n) is 8.89. The van der Waals surface area contributed by atoms with Crippen molar-refractivity contribution in [2.75, 3.05) is 33.2 Å². The number of aliphatic imine (C=N–C) groups is 1. The number of halogens is 4. The monoisotopic (exact) mass is 424 g/mol. The van der Waals surface area contributed by atoms with Gasteiger partial charge in [0.1, 0.15) is 5.82 Å². The van der Waals surface area contributed by atoms with Crippen molar-refractivity contribution in [2.24, 2.45) is 10.9 Å². The lowest BCUT2D eigenvalue weighted by atomic mass is 9.98. The van der Waals surface area contributed by atoms with E-state index in [1.807, 2.05) is 0 Å². The molecule has 0 aliphatic carbocycles. The van der Waals surface area contributed by atoms with Crippen molar-refractivity contribution < 1.29 is 26.0 Å². The van der Waals surface area contributed by atoms with Crippen LogP contribution in [0.25, 0.3) is 0 Å². The number of piperidine rings is 1. The van der Waals surface area contributed by atoms with Crippen LogP contribution in [0.2, 0.25) is 0 Å². The van der Waals surface area contributed by atoms with Gasteiger partial charge in [-0.1, -0.05) is 12.1 Å². The fourth-order valence-corrected chi connectivity index (χ4v) is 3.92. The van der Waals surface area contributed by atoms with Crippen LogP contribution in [0.3, 0.4) is 0 Å². The summed E-state index contributed by atoms with van der Waals surface area (Å²) in [6.07, 6.45) is 1.36. The molecule has 0 aromatic heterocycles. The molecule has 11 heteroatoms. The lowest BCUT2D eigenvalue weighted by molar-refractivity contribution is -0.0496. The Morgan fingerprint density at radius 1 is 1.18 bits per heavy atom. The van der Waals surface area contributed by atoms with Crippen LogP contribution in [0.1, 0.15) is 18.4 Å².